The fourth-order valence-corrected chi connectivity index (χ4v) is 3.09. The lowest BCUT2D eigenvalue weighted by Gasteiger charge is -2.48. The van der Waals surface area contributed by atoms with Gasteiger partial charge >= 0.3 is 0 Å². The highest BCUT2D eigenvalue weighted by atomic mass is 16.5. The zero-order valence-electron chi connectivity index (χ0n) is 9.85. The van der Waals surface area contributed by atoms with Crippen molar-refractivity contribution in [1.82, 2.24) is 20.8 Å². The number of nitrogens with zero attached hydrogens (tertiary/aromatic N) is 2. The molecule has 0 amide bonds. The van der Waals surface area contributed by atoms with Crippen LogP contribution in [0.4, 0.5) is 0 Å². The summed E-state index contributed by atoms with van der Waals surface area (Å²) < 4.78 is 5.93. The molecule has 2 fully saturated rings. The molecule has 17 heavy (non-hydrogen) atoms. The molecule has 1 saturated heterocycles. The molecule has 0 bridgehead atoms. The molecular formula is C11H19N5O. The smallest absolute Gasteiger partial charge is 0.101 e. The summed E-state index contributed by atoms with van der Waals surface area (Å²) in [6.07, 6.45) is 7.53. The Hall–Kier alpha value is -0.980. The van der Waals surface area contributed by atoms with Crippen LogP contribution in [0, 0.1) is 5.92 Å². The van der Waals surface area contributed by atoms with Crippen molar-refractivity contribution in [3.05, 3.63) is 11.9 Å². The molecule has 1 spiro atoms. The Morgan fingerprint density at radius 3 is 3.06 bits per heavy atom. The van der Waals surface area contributed by atoms with Crippen LogP contribution < -0.4 is 11.3 Å². The van der Waals surface area contributed by atoms with Crippen LogP contribution in [-0.2, 0) is 4.74 Å². The molecule has 1 aromatic rings. The lowest BCUT2D eigenvalue weighted by molar-refractivity contribution is -0.147. The SMILES string of the molecule is NNC(c1cn[nH]n1)C1CCOC2(CCC2)C1. The molecule has 6 heteroatoms. The van der Waals surface area contributed by atoms with E-state index in [0.29, 0.717) is 5.92 Å². The summed E-state index contributed by atoms with van der Waals surface area (Å²) in [6.45, 7) is 0.834. The fourth-order valence-electron chi connectivity index (χ4n) is 3.09. The first-order valence-electron chi connectivity index (χ1n) is 6.29. The van der Waals surface area contributed by atoms with Crippen molar-refractivity contribution in [1.29, 1.82) is 0 Å². The normalized spacial score (nSPS) is 28.9. The van der Waals surface area contributed by atoms with Crippen LogP contribution in [0.15, 0.2) is 6.20 Å². The first-order chi connectivity index (χ1) is 8.33. The average molecular weight is 237 g/mol. The van der Waals surface area contributed by atoms with E-state index >= 15 is 0 Å². The number of nitrogens with two attached hydrogens (primary N) is 1. The molecule has 6 nitrogen and oxygen atoms in total. The fraction of sp³-hybridized carbons (Fsp3) is 0.818. The highest BCUT2D eigenvalue weighted by molar-refractivity contribution is 5.05. The van der Waals surface area contributed by atoms with Gasteiger partial charge in [0.25, 0.3) is 0 Å². The third-order valence-corrected chi connectivity index (χ3v) is 4.20. The van der Waals surface area contributed by atoms with Gasteiger partial charge in [0.1, 0.15) is 5.69 Å². The Balaban J connectivity index is 1.73. The number of rotatable bonds is 3. The van der Waals surface area contributed by atoms with Gasteiger partial charge in [-0.15, -0.1) is 0 Å². The van der Waals surface area contributed by atoms with Crippen LogP contribution in [0.3, 0.4) is 0 Å². The molecule has 4 N–H and O–H groups in total. The lowest BCUT2D eigenvalue weighted by atomic mass is 9.70. The van der Waals surface area contributed by atoms with Gasteiger partial charge in [-0.05, 0) is 38.0 Å². The highest BCUT2D eigenvalue weighted by Crippen LogP contribution is 2.46. The molecule has 3 rings (SSSR count). The quantitative estimate of drug-likeness (QED) is 0.531. The van der Waals surface area contributed by atoms with Crippen molar-refractivity contribution in [2.24, 2.45) is 11.8 Å². The number of ether oxygens (including phenoxy) is 1. The Morgan fingerprint density at radius 1 is 1.59 bits per heavy atom. The number of nitrogens with one attached hydrogen (secondary N) is 2. The third-order valence-electron chi connectivity index (χ3n) is 4.20. The predicted molar refractivity (Wildman–Crippen MR) is 61.7 cm³/mol. The average Bonchev–Trinajstić information content (AvgIpc) is 2.82. The Labute approximate surface area is 100 Å². The molecule has 2 heterocycles. The second-order valence-electron chi connectivity index (χ2n) is 5.18. The molecule has 1 aliphatic carbocycles. The van der Waals surface area contributed by atoms with Crippen molar-refractivity contribution in [3.63, 3.8) is 0 Å². The largest absolute Gasteiger partial charge is 0.375 e. The summed E-state index contributed by atoms with van der Waals surface area (Å²) in [5.74, 6) is 6.16. The van der Waals surface area contributed by atoms with Crippen LogP contribution in [-0.4, -0.2) is 27.6 Å². The maximum Gasteiger partial charge on any atom is 0.101 e. The predicted octanol–water partition coefficient (Wildman–Crippen LogP) is 0.658. The van der Waals surface area contributed by atoms with Gasteiger partial charge in [-0.1, -0.05) is 0 Å². The van der Waals surface area contributed by atoms with Gasteiger partial charge in [0, 0.05) is 6.61 Å². The first-order valence-corrected chi connectivity index (χ1v) is 6.29. The monoisotopic (exact) mass is 237 g/mol. The van der Waals surface area contributed by atoms with Gasteiger partial charge in [0.15, 0.2) is 0 Å². The summed E-state index contributed by atoms with van der Waals surface area (Å²) in [6, 6.07) is 0.0788. The van der Waals surface area contributed by atoms with E-state index in [1.54, 1.807) is 6.20 Å². The van der Waals surface area contributed by atoms with E-state index in [2.05, 4.69) is 20.8 Å². The van der Waals surface area contributed by atoms with Gasteiger partial charge < -0.3 is 4.74 Å². The van der Waals surface area contributed by atoms with Crippen LogP contribution in [0.2, 0.25) is 0 Å². The zero-order chi connectivity index (χ0) is 11.7. The van der Waals surface area contributed by atoms with Gasteiger partial charge in [-0.25, -0.2) is 0 Å². The Morgan fingerprint density at radius 2 is 2.47 bits per heavy atom. The molecule has 94 valence electrons. The molecule has 0 aromatic carbocycles. The summed E-state index contributed by atoms with van der Waals surface area (Å²) in [7, 11) is 0. The molecular weight excluding hydrogens is 218 g/mol. The highest BCUT2D eigenvalue weighted by Gasteiger charge is 2.44. The van der Waals surface area contributed by atoms with Crippen molar-refractivity contribution >= 4 is 0 Å². The topological polar surface area (TPSA) is 88.8 Å². The molecule has 2 atom stereocenters. The number of aromatic amines is 1. The van der Waals surface area contributed by atoms with Crippen molar-refractivity contribution in [2.45, 2.75) is 43.7 Å². The number of hydrazine groups is 1. The van der Waals surface area contributed by atoms with E-state index in [1.807, 2.05) is 0 Å². The second-order valence-corrected chi connectivity index (χ2v) is 5.18. The van der Waals surface area contributed by atoms with Crippen molar-refractivity contribution in [3.8, 4) is 0 Å². The minimum absolute atomic E-state index is 0.0788. The lowest BCUT2D eigenvalue weighted by Crippen LogP contribution is -2.48. The standard InChI is InChI=1S/C11H19N5O/c12-14-10(9-7-13-16-15-9)8-2-5-17-11(6-8)3-1-4-11/h7-8,10,14H,1-6,12H2,(H,13,15,16). The molecule has 0 radical (unpaired) electrons. The van der Waals surface area contributed by atoms with E-state index in [4.69, 9.17) is 10.6 Å². The van der Waals surface area contributed by atoms with Gasteiger partial charge in [0.2, 0.25) is 0 Å². The Kier molecular flexibility index (Phi) is 2.85. The number of H-pyrrole nitrogens is 1. The Bertz CT molecular complexity index is 362. The summed E-state index contributed by atoms with van der Waals surface area (Å²) in [5.41, 5.74) is 3.92. The summed E-state index contributed by atoms with van der Waals surface area (Å²) >= 11 is 0. The van der Waals surface area contributed by atoms with Crippen LogP contribution in [0.5, 0.6) is 0 Å². The van der Waals surface area contributed by atoms with E-state index in [-0.39, 0.29) is 11.6 Å². The zero-order valence-corrected chi connectivity index (χ0v) is 9.85. The maximum atomic E-state index is 5.93. The molecule has 1 aromatic heterocycles. The van der Waals surface area contributed by atoms with Crippen LogP contribution in [0.25, 0.3) is 0 Å². The van der Waals surface area contributed by atoms with Gasteiger partial charge in [-0.3, -0.25) is 11.3 Å². The van der Waals surface area contributed by atoms with Crippen LogP contribution >= 0.6 is 0 Å². The molecule has 2 unspecified atom stereocenters. The van der Waals surface area contributed by atoms with E-state index in [1.165, 1.54) is 19.3 Å². The molecule has 1 saturated carbocycles. The second kappa shape index (κ2) is 4.36. The minimum Gasteiger partial charge on any atom is -0.375 e. The van der Waals surface area contributed by atoms with Gasteiger partial charge in [-0.2, -0.15) is 15.4 Å². The number of hydrogen-bond donors (Lipinski definition) is 3. The maximum absolute atomic E-state index is 5.93. The third kappa shape index (κ3) is 1.96. The van der Waals surface area contributed by atoms with Crippen LogP contribution in [0.1, 0.15) is 43.8 Å². The van der Waals surface area contributed by atoms with E-state index in [9.17, 15) is 0 Å². The van der Waals surface area contributed by atoms with E-state index in [0.717, 1.165) is 25.1 Å². The minimum atomic E-state index is 0.0788. The van der Waals surface area contributed by atoms with Crippen molar-refractivity contribution in [2.75, 3.05) is 6.61 Å². The van der Waals surface area contributed by atoms with E-state index < -0.39 is 0 Å². The first kappa shape index (κ1) is 11.1. The van der Waals surface area contributed by atoms with Gasteiger partial charge in [0.05, 0.1) is 17.8 Å². The molecule has 2 aliphatic rings. The number of aromatic nitrogens is 3. The van der Waals surface area contributed by atoms with Crippen molar-refractivity contribution < 1.29 is 4.74 Å². The molecule has 1 aliphatic heterocycles. The summed E-state index contributed by atoms with van der Waals surface area (Å²) in [4.78, 5) is 0. The summed E-state index contributed by atoms with van der Waals surface area (Å²) in [5, 5.41) is 10.6. The number of hydrogen-bond acceptors (Lipinski definition) is 5.